The van der Waals surface area contributed by atoms with Crippen LogP contribution in [0.5, 0.6) is 5.75 Å². The zero-order valence-electron chi connectivity index (χ0n) is 25.1. The fraction of sp³-hybridized carbons (Fsp3) is 0.516. The van der Waals surface area contributed by atoms with Crippen molar-refractivity contribution in [3.05, 3.63) is 57.9 Å². The number of allylic oxidation sites excluding steroid dienone is 1. The Bertz CT molecular complexity index is 1170. The second kappa shape index (κ2) is 14.0. The Balaban J connectivity index is 0.00000121. The molecule has 1 aromatic carbocycles. The van der Waals surface area contributed by atoms with Gasteiger partial charge in [0.1, 0.15) is 5.75 Å². The molecule has 2 aromatic rings. The fourth-order valence-corrected chi connectivity index (χ4v) is 4.87. The maximum Gasteiger partial charge on any atom is 0.255 e. The van der Waals surface area contributed by atoms with Gasteiger partial charge in [-0.15, -0.1) is 0 Å². The van der Waals surface area contributed by atoms with E-state index in [2.05, 4.69) is 0 Å². The molecular weight excluding hydrogens is 476 g/mol. The summed E-state index contributed by atoms with van der Waals surface area (Å²) in [6.45, 7) is 15.4. The number of carbonyl (C=O) groups excluding carboxylic acids is 2. The van der Waals surface area contributed by atoms with Crippen molar-refractivity contribution in [3.8, 4) is 5.75 Å². The number of aromatic nitrogens is 1. The molecule has 38 heavy (non-hydrogen) atoms. The fourth-order valence-electron chi connectivity index (χ4n) is 4.87. The number of benzene rings is 1. The molecule has 0 atom stereocenters. The summed E-state index contributed by atoms with van der Waals surface area (Å²) < 4.78 is 5.67. The van der Waals surface area contributed by atoms with Gasteiger partial charge in [-0.2, -0.15) is 0 Å². The van der Waals surface area contributed by atoms with E-state index in [1.807, 2.05) is 89.6 Å². The van der Waals surface area contributed by atoms with Crippen LogP contribution in [0.3, 0.4) is 0 Å². The molecular formula is C31H46N4O3. The van der Waals surface area contributed by atoms with Crippen LogP contribution in [0.25, 0.3) is 0 Å². The van der Waals surface area contributed by atoms with Crippen LogP contribution < -0.4 is 14.5 Å². The first-order chi connectivity index (χ1) is 18.2. The van der Waals surface area contributed by atoms with Crippen LogP contribution in [0.1, 0.15) is 88.0 Å². The van der Waals surface area contributed by atoms with Crippen molar-refractivity contribution in [2.24, 2.45) is 0 Å². The molecule has 0 bridgehead atoms. The molecule has 208 valence electrons. The van der Waals surface area contributed by atoms with Crippen LogP contribution in [0.4, 0.5) is 11.5 Å². The second-order valence-corrected chi connectivity index (χ2v) is 9.29. The molecule has 2 amide bonds. The van der Waals surface area contributed by atoms with Crippen molar-refractivity contribution in [2.45, 2.75) is 74.1 Å². The van der Waals surface area contributed by atoms with E-state index in [9.17, 15) is 9.59 Å². The van der Waals surface area contributed by atoms with E-state index in [-0.39, 0.29) is 11.8 Å². The molecule has 0 radical (unpaired) electrons. The molecule has 7 nitrogen and oxygen atoms in total. The van der Waals surface area contributed by atoms with Crippen molar-refractivity contribution in [1.29, 1.82) is 0 Å². The van der Waals surface area contributed by atoms with E-state index in [0.29, 0.717) is 23.3 Å². The van der Waals surface area contributed by atoms with E-state index in [1.165, 1.54) is 6.42 Å². The van der Waals surface area contributed by atoms with Crippen molar-refractivity contribution < 1.29 is 14.3 Å². The molecule has 1 aromatic heterocycles. The highest BCUT2D eigenvalue weighted by Gasteiger charge is 2.28. The van der Waals surface area contributed by atoms with Crippen molar-refractivity contribution >= 4 is 23.3 Å². The summed E-state index contributed by atoms with van der Waals surface area (Å²) in [4.78, 5) is 36.3. The van der Waals surface area contributed by atoms with Crippen molar-refractivity contribution in [2.75, 3.05) is 44.1 Å². The molecule has 7 heteroatoms. The number of ether oxygens (including phenoxy) is 1. The number of piperidine rings is 1. The largest absolute Gasteiger partial charge is 0.496 e. The maximum atomic E-state index is 12.9. The Morgan fingerprint density at radius 3 is 2.18 bits per heavy atom. The summed E-state index contributed by atoms with van der Waals surface area (Å²) in [6, 6.07) is 7.73. The first-order valence-corrected chi connectivity index (χ1v) is 13.9. The van der Waals surface area contributed by atoms with E-state index in [0.717, 1.165) is 60.0 Å². The number of amides is 2. The van der Waals surface area contributed by atoms with Crippen LogP contribution in [-0.2, 0) is 11.2 Å². The lowest BCUT2D eigenvalue weighted by atomic mass is 10.0. The first-order valence-electron chi connectivity index (χ1n) is 13.9. The number of rotatable bonds is 4. The number of methoxy groups -OCH3 is 1. The minimum Gasteiger partial charge on any atom is -0.496 e. The molecule has 0 saturated carbocycles. The summed E-state index contributed by atoms with van der Waals surface area (Å²) >= 11 is 0. The Morgan fingerprint density at radius 1 is 0.947 bits per heavy atom. The summed E-state index contributed by atoms with van der Waals surface area (Å²) in [5.74, 6) is 1.49. The molecule has 0 unspecified atom stereocenters. The van der Waals surface area contributed by atoms with Crippen LogP contribution in [0.15, 0.2) is 35.5 Å². The van der Waals surface area contributed by atoms with Gasteiger partial charge in [0, 0.05) is 61.7 Å². The number of fused-ring (bicyclic) bond motifs is 1. The standard InChI is InChI=1S/C27H34N4O3.2C2H6/c1-17-14-22(28-25-24(17)30(5)26(32)18(2)19(3)29(25)4)15-20-10-11-21(16-23(20)34-6)27(33)31-12-8-7-9-13-31;2*1-2/h10-11,14,16H,7-9,12-13,15H2,1-6H3;2*1-2H3. The predicted molar refractivity (Wildman–Crippen MR) is 157 cm³/mol. The number of likely N-dealkylation sites (tertiary alicyclic amines) is 1. The summed E-state index contributed by atoms with van der Waals surface area (Å²) in [7, 11) is 5.38. The van der Waals surface area contributed by atoms with Crippen LogP contribution >= 0.6 is 0 Å². The van der Waals surface area contributed by atoms with Gasteiger partial charge in [0.15, 0.2) is 5.82 Å². The maximum absolute atomic E-state index is 12.9. The lowest BCUT2D eigenvalue weighted by Crippen LogP contribution is -2.35. The summed E-state index contributed by atoms with van der Waals surface area (Å²) in [6.07, 6.45) is 3.87. The molecule has 1 fully saturated rings. The Labute approximate surface area is 229 Å². The Morgan fingerprint density at radius 2 is 1.58 bits per heavy atom. The highest BCUT2D eigenvalue weighted by atomic mass is 16.5. The number of carbonyl (C=O) groups is 2. The Kier molecular flexibility index (Phi) is 11.4. The topological polar surface area (TPSA) is 66.0 Å². The van der Waals surface area contributed by atoms with Gasteiger partial charge in [-0.3, -0.25) is 9.59 Å². The SMILES string of the molecule is CC.CC.COc1cc(C(=O)N2CCCCC2)ccc1Cc1cc(C)c2c(n1)N(C)C(C)=C(C)C(=O)N2C. The lowest BCUT2D eigenvalue weighted by molar-refractivity contribution is -0.114. The van der Waals surface area contributed by atoms with E-state index in [4.69, 9.17) is 9.72 Å². The van der Waals surface area contributed by atoms with Gasteiger partial charge in [0.25, 0.3) is 11.8 Å². The monoisotopic (exact) mass is 522 g/mol. The van der Waals surface area contributed by atoms with E-state index in [1.54, 1.807) is 19.1 Å². The molecule has 1 saturated heterocycles. The van der Waals surface area contributed by atoms with Gasteiger partial charge in [0.05, 0.1) is 12.8 Å². The van der Waals surface area contributed by atoms with Crippen LogP contribution in [-0.4, -0.2) is 56.0 Å². The van der Waals surface area contributed by atoms with Gasteiger partial charge in [0.2, 0.25) is 0 Å². The third-order valence-electron chi connectivity index (χ3n) is 7.09. The predicted octanol–water partition coefficient (Wildman–Crippen LogP) is 6.37. The van der Waals surface area contributed by atoms with Crippen LogP contribution in [0.2, 0.25) is 0 Å². The molecule has 0 aliphatic carbocycles. The Hall–Kier alpha value is -3.35. The third-order valence-corrected chi connectivity index (χ3v) is 7.09. The number of pyridine rings is 1. The first kappa shape index (κ1) is 30.9. The summed E-state index contributed by atoms with van der Waals surface area (Å²) in [5, 5.41) is 0. The zero-order valence-corrected chi connectivity index (χ0v) is 25.1. The minimum atomic E-state index is -0.0172. The highest BCUT2D eigenvalue weighted by molar-refractivity contribution is 6.09. The average molecular weight is 523 g/mol. The molecule has 0 spiro atoms. The molecule has 2 aliphatic heterocycles. The number of hydrogen-bond donors (Lipinski definition) is 0. The van der Waals surface area contributed by atoms with Gasteiger partial charge < -0.3 is 19.4 Å². The van der Waals surface area contributed by atoms with E-state index >= 15 is 0 Å². The van der Waals surface area contributed by atoms with E-state index < -0.39 is 0 Å². The summed E-state index contributed by atoms with van der Waals surface area (Å²) in [5.41, 5.74) is 5.91. The smallest absolute Gasteiger partial charge is 0.255 e. The van der Waals surface area contributed by atoms with Gasteiger partial charge in [-0.05, 0) is 63.8 Å². The average Bonchev–Trinajstić information content (AvgIpc) is 3.02. The third kappa shape index (κ3) is 6.37. The van der Waals surface area contributed by atoms with Crippen molar-refractivity contribution in [3.63, 3.8) is 0 Å². The number of nitrogens with zero attached hydrogens (tertiary/aromatic N) is 4. The molecule has 3 heterocycles. The van der Waals surface area contributed by atoms with Crippen molar-refractivity contribution in [1.82, 2.24) is 9.88 Å². The number of anilines is 2. The lowest BCUT2D eigenvalue weighted by Gasteiger charge is -2.27. The number of likely N-dealkylation sites (N-methyl/N-ethyl adjacent to an activating group) is 1. The highest BCUT2D eigenvalue weighted by Crippen LogP contribution is 2.37. The molecule has 2 aliphatic rings. The zero-order chi connectivity index (χ0) is 28.6. The van der Waals surface area contributed by atoms with Crippen LogP contribution in [0, 0.1) is 6.92 Å². The normalized spacial score (nSPS) is 15.1. The number of hydrogen-bond acceptors (Lipinski definition) is 5. The quantitative estimate of drug-likeness (QED) is 0.466. The molecule has 4 rings (SSSR count). The van der Waals surface area contributed by atoms with Gasteiger partial charge >= 0.3 is 0 Å². The second-order valence-electron chi connectivity index (χ2n) is 9.29. The minimum absolute atomic E-state index is 0.0172. The van der Waals surface area contributed by atoms with Gasteiger partial charge in [-0.25, -0.2) is 4.98 Å². The number of aryl methyl sites for hydroxylation is 1. The molecule has 0 N–H and O–H groups in total. The van der Waals surface area contributed by atoms with Gasteiger partial charge in [-0.1, -0.05) is 33.8 Å².